The van der Waals surface area contributed by atoms with Crippen LogP contribution in [0.15, 0.2) is 29.5 Å². The standard InChI is InChI=1S/C10H12N2S/c1-8-10(12-7-13-8)6-9-2-4-11-5-3-9/h2-5,7-8,10H,6H2,1H3/t8-,10-/m1/s1. The van der Waals surface area contributed by atoms with E-state index in [1.165, 1.54) is 5.56 Å². The molecular formula is C10H12N2S. The number of aromatic nitrogens is 1. The average molecular weight is 192 g/mol. The predicted octanol–water partition coefficient (Wildman–Crippen LogP) is 2.16. The molecule has 2 heterocycles. The Bertz CT molecular complexity index is 297. The lowest BCUT2D eigenvalue weighted by Gasteiger charge is -2.11. The minimum atomic E-state index is 0.451. The molecule has 0 spiro atoms. The van der Waals surface area contributed by atoms with E-state index >= 15 is 0 Å². The van der Waals surface area contributed by atoms with Crippen molar-refractivity contribution in [1.82, 2.24) is 4.98 Å². The van der Waals surface area contributed by atoms with Crippen LogP contribution in [0.25, 0.3) is 0 Å². The zero-order valence-corrected chi connectivity index (χ0v) is 8.37. The number of nitrogens with zero attached hydrogens (tertiary/aromatic N) is 2. The summed E-state index contributed by atoms with van der Waals surface area (Å²) in [4.78, 5) is 8.42. The van der Waals surface area contributed by atoms with Gasteiger partial charge in [0.15, 0.2) is 0 Å². The van der Waals surface area contributed by atoms with Crippen molar-refractivity contribution in [3.63, 3.8) is 0 Å². The molecule has 0 saturated carbocycles. The van der Waals surface area contributed by atoms with Crippen LogP contribution in [0.1, 0.15) is 12.5 Å². The van der Waals surface area contributed by atoms with Crippen LogP contribution in [-0.2, 0) is 6.42 Å². The van der Waals surface area contributed by atoms with Crippen LogP contribution in [-0.4, -0.2) is 21.8 Å². The molecule has 0 amide bonds. The first-order valence-electron chi connectivity index (χ1n) is 4.42. The second-order valence-corrected chi connectivity index (χ2v) is 4.45. The summed E-state index contributed by atoms with van der Waals surface area (Å²) in [5.74, 6) is 0. The average Bonchev–Trinajstić information content (AvgIpc) is 2.54. The minimum Gasteiger partial charge on any atom is -0.282 e. The van der Waals surface area contributed by atoms with Gasteiger partial charge >= 0.3 is 0 Å². The number of thioether (sulfide) groups is 1. The molecule has 0 aromatic carbocycles. The molecule has 0 aliphatic carbocycles. The van der Waals surface area contributed by atoms with Gasteiger partial charge in [0, 0.05) is 17.6 Å². The maximum absolute atomic E-state index is 4.43. The molecule has 2 rings (SSSR count). The second-order valence-electron chi connectivity index (χ2n) is 3.22. The number of rotatable bonds is 2. The number of hydrogen-bond donors (Lipinski definition) is 0. The largest absolute Gasteiger partial charge is 0.282 e. The van der Waals surface area contributed by atoms with Crippen molar-refractivity contribution in [1.29, 1.82) is 0 Å². The summed E-state index contributed by atoms with van der Waals surface area (Å²) in [7, 11) is 0. The molecule has 0 unspecified atom stereocenters. The number of pyridine rings is 1. The van der Waals surface area contributed by atoms with Gasteiger partial charge in [0.25, 0.3) is 0 Å². The zero-order chi connectivity index (χ0) is 9.10. The maximum Gasteiger partial charge on any atom is 0.0665 e. The molecule has 0 bridgehead atoms. The Morgan fingerprint density at radius 1 is 1.38 bits per heavy atom. The van der Waals surface area contributed by atoms with Gasteiger partial charge in [-0.05, 0) is 24.1 Å². The Kier molecular flexibility index (Phi) is 2.64. The Morgan fingerprint density at radius 2 is 2.15 bits per heavy atom. The molecule has 0 N–H and O–H groups in total. The highest BCUT2D eigenvalue weighted by molar-refractivity contribution is 8.12. The summed E-state index contributed by atoms with van der Waals surface area (Å²) in [6.07, 6.45) is 4.71. The van der Waals surface area contributed by atoms with Crippen molar-refractivity contribution in [2.75, 3.05) is 0 Å². The number of hydrogen-bond acceptors (Lipinski definition) is 3. The van der Waals surface area contributed by atoms with Gasteiger partial charge in [-0.1, -0.05) is 6.92 Å². The number of aliphatic imine (C=N–C) groups is 1. The third-order valence-electron chi connectivity index (χ3n) is 2.26. The molecule has 0 radical (unpaired) electrons. The van der Waals surface area contributed by atoms with Crippen molar-refractivity contribution in [2.45, 2.75) is 24.6 Å². The highest BCUT2D eigenvalue weighted by Crippen LogP contribution is 2.23. The first kappa shape index (κ1) is 8.75. The van der Waals surface area contributed by atoms with Gasteiger partial charge in [0.05, 0.1) is 11.6 Å². The van der Waals surface area contributed by atoms with Crippen molar-refractivity contribution in [3.8, 4) is 0 Å². The smallest absolute Gasteiger partial charge is 0.0665 e. The zero-order valence-electron chi connectivity index (χ0n) is 7.55. The molecule has 68 valence electrons. The van der Waals surface area contributed by atoms with Crippen molar-refractivity contribution < 1.29 is 0 Å². The molecule has 2 atom stereocenters. The molecule has 3 heteroatoms. The van der Waals surface area contributed by atoms with E-state index in [-0.39, 0.29) is 0 Å². The van der Waals surface area contributed by atoms with Crippen molar-refractivity contribution >= 4 is 17.3 Å². The fraction of sp³-hybridized carbons (Fsp3) is 0.400. The molecule has 1 aliphatic heterocycles. The lowest BCUT2D eigenvalue weighted by Crippen LogP contribution is -2.16. The molecule has 1 aliphatic rings. The van der Waals surface area contributed by atoms with Crippen molar-refractivity contribution in [3.05, 3.63) is 30.1 Å². The minimum absolute atomic E-state index is 0.451. The summed E-state index contributed by atoms with van der Waals surface area (Å²) in [5, 5.41) is 0.619. The van der Waals surface area contributed by atoms with E-state index in [1.807, 2.05) is 29.7 Å². The van der Waals surface area contributed by atoms with Crippen LogP contribution in [0.4, 0.5) is 0 Å². The fourth-order valence-corrected chi connectivity index (χ4v) is 2.17. The third-order valence-corrected chi connectivity index (χ3v) is 3.25. The van der Waals surface area contributed by atoms with Gasteiger partial charge in [-0.2, -0.15) is 0 Å². The van der Waals surface area contributed by atoms with Gasteiger partial charge in [0.2, 0.25) is 0 Å². The van der Waals surface area contributed by atoms with Gasteiger partial charge in [-0.15, -0.1) is 11.8 Å². The van der Waals surface area contributed by atoms with E-state index in [0.29, 0.717) is 11.3 Å². The Morgan fingerprint density at radius 3 is 2.77 bits per heavy atom. The molecular weight excluding hydrogens is 180 g/mol. The molecule has 1 aromatic rings. The van der Waals surface area contributed by atoms with Gasteiger partial charge < -0.3 is 0 Å². The normalized spacial score (nSPS) is 26.5. The molecule has 1 aromatic heterocycles. The topological polar surface area (TPSA) is 25.2 Å². The fourth-order valence-electron chi connectivity index (χ4n) is 1.40. The Balaban J connectivity index is 2.02. The van der Waals surface area contributed by atoms with Crippen LogP contribution < -0.4 is 0 Å². The first-order valence-corrected chi connectivity index (χ1v) is 5.36. The summed E-state index contributed by atoms with van der Waals surface area (Å²) in [6, 6.07) is 4.57. The molecule has 13 heavy (non-hydrogen) atoms. The first-order chi connectivity index (χ1) is 6.36. The predicted molar refractivity (Wildman–Crippen MR) is 57.3 cm³/mol. The SMILES string of the molecule is C[C@H]1SC=N[C@@H]1Cc1ccncc1. The van der Waals surface area contributed by atoms with E-state index < -0.39 is 0 Å². The second kappa shape index (κ2) is 3.92. The quantitative estimate of drug-likeness (QED) is 0.717. The van der Waals surface area contributed by atoms with Crippen LogP contribution in [0.3, 0.4) is 0 Å². The molecule has 2 nitrogen and oxygen atoms in total. The lowest BCUT2D eigenvalue weighted by atomic mass is 10.1. The molecule has 0 saturated heterocycles. The molecule has 0 fully saturated rings. The van der Waals surface area contributed by atoms with Crippen molar-refractivity contribution in [2.24, 2.45) is 4.99 Å². The summed E-state index contributed by atoms with van der Waals surface area (Å²) >= 11 is 1.82. The summed E-state index contributed by atoms with van der Waals surface area (Å²) in [6.45, 7) is 2.23. The van der Waals surface area contributed by atoms with Gasteiger partial charge in [-0.25, -0.2) is 0 Å². The summed E-state index contributed by atoms with van der Waals surface area (Å²) in [5.41, 5.74) is 3.29. The Hall–Kier alpha value is -0.830. The van der Waals surface area contributed by atoms with E-state index in [4.69, 9.17) is 0 Å². The van der Waals surface area contributed by atoms with Crippen LogP contribution >= 0.6 is 11.8 Å². The van der Waals surface area contributed by atoms with Crippen LogP contribution in [0.5, 0.6) is 0 Å². The highest BCUT2D eigenvalue weighted by Gasteiger charge is 2.20. The summed E-state index contributed by atoms with van der Waals surface area (Å²) < 4.78 is 0. The lowest BCUT2D eigenvalue weighted by molar-refractivity contribution is 0.676. The van der Waals surface area contributed by atoms with E-state index in [9.17, 15) is 0 Å². The van der Waals surface area contributed by atoms with Gasteiger partial charge in [0.1, 0.15) is 0 Å². The van der Waals surface area contributed by atoms with E-state index in [2.05, 4.69) is 29.0 Å². The van der Waals surface area contributed by atoms with Crippen LogP contribution in [0.2, 0.25) is 0 Å². The van der Waals surface area contributed by atoms with E-state index in [0.717, 1.165) is 6.42 Å². The monoisotopic (exact) mass is 192 g/mol. The van der Waals surface area contributed by atoms with E-state index in [1.54, 1.807) is 0 Å². The van der Waals surface area contributed by atoms with Gasteiger partial charge in [-0.3, -0.25) is 9.98 Å². The van der Waals surface area contributed by atoms with Crippen LogP contribution in [0, 0.1) is 0 Å². The maximum atomic E-state index is 4.43. The Labute approximate surface area is 82.5 Å². The third kappa shape index (κ3) is 2.10. The highest BCUT2D eigenvalue weighted by atomic mass is 32.2.